The van der Waals surface area contributed by atoms with Crippen LogP contribution in [0, 0.1) is 55.2 Å². The van der Waals surface area contributed by atoms with Crippen LogP contribution in [0.2, 0.25) is 0 Å². The van der Waals surface area contributed by atoms with Crippen LogP contribution in [0.1, 0.15) is 20.8 Å². The van der Waals surface area contributed by atoms with Gasteiger partial charge in [-0.25, -0.2) is 14.6 Å². The molecule has 5 aliphatic rings. The van der Waals surface area contributed by atoms with Crippen LogP contribution in [0.15, 0.2) is 59.7 Å². The Bertz CT molecular complexity index is 1590. The quantitative estimate of drug-likeness (QED) is 0.210. The third-order valence-electron chi connectivity index (χ3n) is 9.32. The summed E-state index contributed by atoms with van der Waals surface area (Å²) in [5.41, 5.74) is -1.50. The Morgan fingerprint density at radius 2 is 1.16 bits per heavy atom. The summed E-state index contributed by atoms with van der Waals surface area (Å²) in [4.78, 5) is 92.7. The summed E-state index contributed by atoms with van der Waals surface area (Å²) in [6.45, 7) is 4.73. The maximum absolute atomic E-state index is 14.1. The molecule has 14 nitrogen and oxygen atoms in total. The number of imide groups is 2. The minimum absolute atomic E-state index is 0.00213. The summed E-state index contributed by atoms with van der Waals surface area (Å²) >= 11 is 0. The van der Waals surface area contributed by atoms with E-state index >= 15 is 0 Å². The second-order valence-corrected chi connectivity index (χ2v) is 11.2. The lowest BCUT2D eigenvalue weighted by Gasteiger charge is -2.55. The zero-order valence-corrected chi connectivity index (χ0v) is 23.1. The highest BCUT2D eigenvalue weighted by atomic mass is 16.6. The van der Waals surface area contributed by atoms with Gasteiger partial charge in [-0.1, -0.05) is 12.5 Å². The van der Waals surface area contributed by atoms with Gasteiger partial charge >= 0.3 is 5.97 Å². The monoisotopic (exact) mass is 588 g/mol. The lowest BCUT2D eigenvalue weighted by molar-refractivity contribution is -0.385. The van der Waals surface area contributed by atoms with Crippen LogP contribution in [0.25, 0.3) is 0 Å². The normalized spacial score (nSPS) is 29.2. The molecule has 0 N–H and O–H groups in total. The van der Waals surface area contributed by atoms with Crippen LogP contribution in [0.4, 0.5) is 22.7 Å². The molecule has 3 fully saturated rings. The van der Waals surface area contributed by atoms with Gasteiger partial charge in [-0.15, -0.1) is 0 Å². The predicted octanol–water partition coefficient (Wildman–Crippen LogP) is 2.94. The van der Waals surface area contributed by atoms with E-state index < -0.39 is 74.4 Å². The molecule has 14 heteroatoms. The van der Waals surface area contributed by atoms with E-state index in [4.69, 9.17) is 4.74 Å². The van der Waals surface area contributed by atoms with Crippen molar-refractivity contribution in [3.8, 4) is 0 Å². The van der Waals surface area contributed by atoms with Gasteiger partial charge in [-0.3, -0.25) is 39.4 Å². The zero-order valence-electron chi connectivity index (χ0n) is 23.1. The van der Waals surface area contributed by atoms with Gasteiger partial charge in [0.2, 0.25) is 23.6 Å². The van der Waals surface area contributed by atoms with Crippen molar-refractivity contribution in [1.29, 1.82) is 0 Å². The van der Waals surface area contributed by atoms with Gasteiger partial charge in [0, 0.05) is 41.2 Å². The largest absolute Gasteiger partial charge is 0.463 e. The molecule has 0 aromatic heterocycles. The Morgan fingerprint density at radius 3 is 1.51 bits per heavy atom. The number of carbonyl (C=O) groups excluding carboxylic acids is 5. The summed E-state index contributed by atoms with van der Waals surface area (Å²) in [7, 11) is 0. The molecule has 4 amide bonds. The van der Waals surface area contributed by atoms with Gasteiger partial charge in [0.1, 0.15) is 0 Å². The molecule has 2 aromatic carbocycles. The first-order valence-electron chi connectivity index (χ1n) is 13.5. The number of hydrogen-bond acceptors (Lipinski definition) is 10. The predicted molar refractivity (Wildman–Crippen MR) is 146 cm³/mol. The Hall–Kier alpha value is -5.27. The molecule has 3 aliphatic carbocycles. The van der Waals surface area contributed by atoms with E-state index in [1.807, 2.05) is 0 Å². The molecule has 220 valence electrons. The average molecular weight is 589 g/mol. The van der Waals surface area contributed by atoms with Crippen LogP contribution in [-0.2, 0) is 28.7 Å². The first kappa shape index (κ1) is 27.9. The van der Waals surface area contributed by atoms with Crippen LogP contribution in [0.5, 0.6) is 0 Å². The lowest BCUT2D eigenvalue weighted by Crippen LogP contribution is -2.61. The number of nitro groups is 2. The first-order valence-corrected chi connectivity index (χ1v) is 13.5. The van der Waals surface area contributed by atoms with E-state index in [0.29, 0.717) is 5.57 Å². The number of non-ortho nitro benzene ring substituents is 2. The number of hydrogen-bond donors (Lipinski definition) is 0. The van der Waals surface area contributed by atoms with E-state index in [1.54, 1.807) is 13.8 Å². The highest BCUT2D eigenvalue weighted by Crippen LogP contribution is 2.68. The molecular formula is C29H24N4O10. The molecule has 2 heterocycles. The van der Waals surface area contributed by atoms with E-state index in [1.165, 1.54) is 31.2 Å². The summed E-state index contributed by atoms with van der Waals surface area (Å²) < 4.78 is 5.34. The SMILES string of the molecule is CCOC(=O)C1=C(C)C2[C@H]3C(=O)N(c4ccc([N+](=O)[O-])cc4)C(=O)[C@@H]3C1(C)[C@@H]1C(=O)N(c3ccc([N+](=O)[O-])cc3)C(=O)[C@@H]21. The molecule has 1 saturated carbocycles. The molecule has 0 radical (unpaired) electrons. The summed E-state index contributed by atoms with van der Waals surface area (Å²) in [6.07, 6.45) is 0. The fourth-order valence-electron chi connectivity index (χ4n) is 7.76. The summed E-state index contributed by atoms with van der Waals surface area (Å²) in [6, 6.07) is 9.73. The lowest BCUT2D eigenvalue weighted by atomic mass is 9.43. The van der Waals surface area contributed by atoms with Crippen molar-refractivity contribution >= 4 is 52.3 Å². The third-order valence-corrected chi connectivity index (χ3v) is 9.32. The van der Waals surface area contributed by atoms with Gasteiger partial charge in [-0.05, 0) is 38.1 Å². The molecule has 2 unspecified atom stereocenters. The van der Waals surface area contributed by atoms with Gasteiger partial charge < -0.3 is 4.74 Å². The third kappa shape index (κ3) is 3.55. The van der Waals surface area contributed by atoms with Crippen LogP contribution in [0.3, 0.4) is 0 Å². The van der Waals surface area contributed by atoms with Crippen molar-refractivity contribution in [2.24, 2.45) is 35.0 Å². The molecule has 7 rings (SSSR count). The summed E-state index contributed by atoms with van der Waals surface area (Å²) in [5.74, 6) is -9.05. The van der Waals surface area contributed by atoms with Crippen LogP contribution in [-0.4, -0.2) is 46.1 Å². The van der Waals surface area contributed by atoms with Gasteiger partial charge in [0.25, 0.3) is 11.4 Å². The standard InChI is InChI=1S/C29H24N4O10/c1-4-43-28(38)21-13(2)18-19-22(26(36)30(24(19)34)14-5-9-16(10-6-14)32(39)40)29(21,3)23-20(18)25(35)31(27(23)37)15-7-11-17(12-8-15)33(41)42/h5-12,18-20,22-23H,4H2,1-3H3/t18?,19-,20+,22-,23+,29?. The Morgan fingerprint density at radius 1 is 0.767 bits per heavy atom. The molecule has 2 aliphatic heterocycles. The maximum atomic E-state index is 14.1. The number of esters is 1. The van der Waals surface area contributed by atoms with Crippen molar-refractivity contribution in [2.75, 3.05) is 16.4 Å². The molecule has 2 aromatic rings. The average Bonchev–Trinajstić information content (AvgIpc) is 3.39. The summed E-state index contributed by atoms with van der Waals surface area (Å²) in [5, 5.41) is 22.3. The second-order valence-electron chi connectivity index (χ2n) is 11.2. The van der Waals surface area contributed by atoms with Gasteiger partial charge in [0.05, 0.1) is 51.5 Å². The highest BCUT2D eigenvalue weighted by molar-refractivity contribution is 6.27. The molecule has 2 saturated heterocycles. The topological polar surface area (TPSA) is 187 Å². The first-order chi connectivity index (χ1) is 20.4. The number of anilines is 2. The number of ether oxygens (including phenoxy) is 1. The number of carbonyl (C=O) groups is 5. The van der Waals surface area contributed by atoms with Crippen molar-refractivity contribution in [1.82, 2.24) is 0 Å². The smallest absolute Gasteiger partial charge is 0.334 e. The fourth-order valence-corrected chi connectivity index (χ4v) is 7.76. The number of nitro benzene ring substituents is 2. The van der Waals surface area contributed by atoms with Gasteiger partial charge in [0.15, 0.2) is 0 Å². The van der Waals surface area contributed by atoms with Crippen molar-refractivity contribution < 1.29 is 38.6 Å². The zero-order chi connectivity index (χ0) is 31.1. The van der Waals surface area contributed by atoms with Gasteiger partial charge in [-0.2, -0.15) is 0 Å². The molecular weight excluding hydrogens is 564 g/mol. The number of nitrogens with zero attached hydrogens (tertiary/aromatic N) is 4. The minimum atomic E-state index is -1.63. The van der Waals surface area contributed by atoms with Crippen molar-refractivity contribution in [3.05, 3.63) is 79.9 Å². The number of allylic oxidation sites excluding steroid dienone is 1. The van der Waals surface area contributed by atoms with E-state index in [2.05, 4.69) is 0 Å². The molecule has 6 atom stereocenters. The molecule has 2 bridgehead atoms. The van der Waals surface area contributed by atoms with Crippen LogP contribution >= 0.6 is 0 Å². The second kappa shape index (κ2) is 9.37. The Kier molecular flexibility index (Phi) is 6.08. The fraction of sp³-hybridized carbons (Fsp3) is 0.345. The van der Waals surface area contributed by atoms with E-state index in [0.717, 1.165) is 34.1 Å². The van der Waals surface area contributed by atoms with E-state index in [9.17, 15) is 44.2 Å². The van der Waals surface area contributed by atoms with Crippen molar-refractivity contribution in [2.45, 2.75) is 20.8 Å². The minimum Gasteiger partial charge on any atom is -0.463 e. The van der Waals surface area contributed by atoms with Crippen LogP contribution < -0.4 is 9.80 Å². The van der Waals surface area contributed by atoms with E-state index in [-0.39, 0.29) is 34.9 Å². The highest BCUT2D eigenvalue weighted by Gasteiger charge is 2.77. The van der Waals surface area contributed by atoms with Crippen molar-refractivity contribution in [3.63, 3.8) is 0 Å². The number of amides is 4. The number of benzene rings is 2. The Balaban J connectivity index is 1.49. The molecule has 0 spiro atoms. The molecule has 43 heavy (non-hydrogen) atoms. The number of rotatable bonds is 6. The Labute approximate surface area is 243 Å². The maximum Gasteiger partial charge on any atom is 0.334 e.